The molecule has 1 N–H and O–H groups in total. The maximum absolute atomic E-state index is 10.9. The fourth-order valence-corrected chi connectivity index (χ4v) is 1.79. The van der Waals surface area contributed by atoms with Gasteiger partial charge in [-0.1, -0.05) is 0 Å². The lowest BCUT2D eigenvalue weighted by molar-refractivity contribution is -0.114. The molecule has 2 aliphatic rings. The van der Waals surface area contributed by atoms with Crippen molar-refractivity contribution in [2.45, 2.75) is 31.8 Å². The second kappa shape index (κ2) is 3.92. The number of rotatable bonds is 3. The van der Waals surface area contributed by atoms with Gasteiger partial charge in [-0.15, -0.1) is 0 Å². The predicted octanol–water partition coefficient (Wildman–Crippen LogP) is 1.00. The molecule has 3 nitrogen and oxygen atoms in total. The van der Waals surface area contributed by atoms with Gasteiger partial charge in [0.2, 0.25) is 0 Å². The van der Waals surface area contributed by atoms with Gasteiger partial charge in [0, 0.05) is 31.3 Å². The molecule has 1 aliphatic heterocycles. The van der Waals surface area contributed by atoms with E-state index in [0.29, 0.717) is 12.5 Å². The molecule has 0 aromatic carbocycles. The first-order chi connectivity index (χ1) is 6.34. The van der Waals surface area contributed by atoms with Gasteiger partial charge in [0.1, 0.15) is 0 Å². The fraction of sp³-hybridized carbons (Fsp3) is 0.700. The minimum atomic E-state index is 0.245. The molecule has 1 unspecified atom stereocenters. The van der Waals surface area contributed by atoms with Crippen LogP contribution < -0.4 is 5.32 Å². The Morgan fingerprint density at radius 3 is 3.08 bits per heavy atom. The molecule has 1 heterocycles. The van der Waals surface area contributed by atoms with E-state index in [-0.39, 0.29) is 5.78 Å². The number of ether oxygens (including phenoxy) is 1. The molecule has 1 saturated heterocycles. The zero-order chi connectivity index (χ0) is 9.10. The number of allylic oxidation sites excluding steroid dienone is 2. The Morgan fingerprint density at radius 1 is 1.54 bits per heavy atom. The minimum absolute atomic E-state index is 0.245. The van der Waals surface area contributed by atoms with Crippen LogP contribution in [0.15, 0.2) is 11.8 Å². The highest BCUT2D eigenvalue weighted by Crippen LogP contribution is 2.14. The first-order valence-electron chi connectivity index (χ1n) is 4.93. The molecule has 1 atom stereocenters. The van der Waals surface area contributed by atoms with E-state index in [1.54, 1.807) is 6.08 Å². The Bertz CT molecular complexity index is 229. The molecule has 0 radical (unpaired) electrons. The Morgan fingerprint density at radius 2 is 2.46 bits per heavy atom. The van der Waals surface area contributed by atoms with Crippen molar-refractivity contribution >= 4 is 5.78 Å². The van der Waals surface area contributed by atoms with E-state index < -0.39 is 0 Å². The normalized spacial score (nSPS) is 27.8. The summed E-state index contributed by atoms with van der Waals surface area (Å²) in [6.07, 6.45) is 5.95. The van der Waals surface area contributed by atoms with Gasteiger partial charge >= 0.3 is 0 Å². The zero-order valence-corrected chi connectivity index (χ0v) is 7.71. The van der Waals surface area contributed by atoms with Crippen molar-refractivity contribution in [3.05, 3.63) is 11.8 Å². The van der Waals surface area contributed by atoms with E-state index >= 15 is 0 Å². The Labute approximate surface area is 78.1 Å². The second-order valence-corrected chi connectivity index (χ2v) is 3.65. The summed E-state index contributed by atoms with van der Waals surface area (Å²) in [5, 5.41) is 3.27. The number of ketones is 1. The molecular weight excluding hydrogens is 166 g/mol. The summed E-state index contributed by atoms with van der Waals surface area (Å²) >= 11 is 0. The third kappa shape index (κ3) is 2.31. The summed E-state index contributed by atoms with van der Waals surface area (Å²) in [5.41, 5.74) is 1.08. The highest BCUT2D eigenvalue weighted by Gasteiger charge is 2.17. The van der Waals surface area contributed by atoms with E-state index in [0.717, 1.165) is 31.7 Å². The Hall–Kier alpha value is -0.830. The Kier molecular flexibility index (Phi) is 2.64. The molecular formula is C10H15NO2. The van der Waals surface area contributed by atoms with Crippen LogP contribution in [0.2, 0.25) is 0 Å². The fourth-order valence-electron chi connectivity index (χ4n) is 1.79. The molecule has 1 fully saturated rings. The summed E-state index contributed by atoms with van der Waals surface area (Å²) in [6.45, 7) is 1.75. The van der Waals surface area contributed by atoms with Crippen LogP contribution in [0.3, 0.4) is 0 Å². The van der Waals surface area contributed by atoms with Gasteiger partial charge in [-0.3, -0.25) is 4.79 Å². The molecule has 72 valence electrons. The Balaban J connectivity index is 1.73. The first kappa shape index (κ1) is 8.75. The maximum Gasteiger partial charge on any atom is 0.157 e. The van der Waals surface area contributed by atoms with Crippen LogP contribution in [-0.4, -0.2) is 25.0 Å². The SMILES string of the molecule is O=C1C=C(NCC2CCCO2)CC1. The smallest absolute Gasteiger partial charge is 0.157 e. The summed E-state index contributed by atoms with van der Waals surface area (Å²) in [4.78, 5) is 10.9. The van der Waals surface area contributed by atoms with Gasteiger partial charge in [0.15, 0.2) is 5.78 Å². The third-order valence-electron chi connectivity index (χ3n) is 2.56. The van der Waals surface area contributed by atoms with Gasteiger partial charge in [-0.25, -0.2) is 0 Å². The van der Waals surface area contributed by atoms with Crippen LogP contribution in [0, 0.1) is 0 Å². The lowest BCUT2D eigenvalue weighted by atomic mass is 10.2. The average molecular weight is 181 g/mol. The summed E-state index contributed by atoms with van der Waals surface area (Å²) < 4.78 is 5.46. The van der Waals surface area contributed by atoms with E-state index in [1.165, 1.54) is 6.42 Å². The highest BCUT2D eigenvalue weighted by molar-refractivity contribution is 5.92. The quantitative estimate of drug-likeness (QED) is 0.706. The summed E-state index contributed by atoms with van der Waals surface area (Å²) in [6, 6.07) is 0. The average Bonchev–Trinajstić information content (AvgIpc) is 2.71. The van der Waals surface area contributed by atoms with Crippen molar-refractivity contribution in [3.8, 4) is 0 Å². The number of carbonyl (C=O) groups is 1. The van der Waals surface area contributed by atoms with Crippen LogP contribution in [0.1, 0.15) is 25.7 Å². The molecule has 0 aromatic rings. The monoisotopic (exact) mass is 181 g/mol. The molecule has 0 saturated carbocycles. The number of nitrogens with one attached hydrogen (secondary N) is 1. The maximum atomic E-state index is 10.9. The van der Waals surface area contributed by atoms with Crippen LogP contribution in [0.5, 0.6) is 0 Å². The van der Waals surface area contributed by atoms with Gasteiger partial charge in [-0.05, 0) is 19.3 Å². The van der Waals surface area contributed by atoms with E-state index in [9.17, 15) is 4.79 Å². The lowest BCUT2D eigenvalue weighted by Gasteiger charge is -2.11. The van der Waals surface area contributed by atoms with E-state index in [2.05, 4.69) is 5.32 Å². The molecule has 13 heavy (non-hydrogen) atoms. The minimum Gasteiger partial charge on any atom is -0.386 e. The van der Waals surface area contributed by atoms with Crippen molar-refractivity contribution in [2.75, 3.05) is 13.2 Å². The van der Waals surface area contributed by atoms with Crippen LogP contribution in [0.25, 0.3) is 0 Å². The standard InChI is InChI=1S/C10H15NO2/c12-9-4-3-8(6-9)11-7-10-2-1-5-13-10/h6,10-11H,1-5,7H2. The van der Waals surface area contributed by atoms with Crippen molar-refractivity contribution in [2.24, 2.45) is 0 Å². The molecule has 0 amide bonds. The van der Waals surface area contributed by atoms with Crippen molar-refractivity contribution in [3.63, 3.8) is 0 Å². The highest BCUT2D eigenvalue weighted by atomic mass is 16.5. The van der Waals surface area contributed by atoms with Crippen molar-refractivity contribution in [1.29, 1.82) is 0 Å². The van der Waals surface area contributed by atoms with Crippen LogP contribution >= 0.6 is 0 Å². The second-order valence-electron chi connectivity index (χ2n) is 3.65. The van der Waals surface area contributed by atoms with E-state index in [4.69, 9.17) is 4.74 Å². The van der Waals surface area contributed by atoms with Crippen LogP contribution in [0.4, 0.5) is 0 Å². The number of carbonyl (C=O) groups excluding carboxylic acids is 1. The number of hydrogen-bond donors (Lipinski definition) is 1. The number of hydrogen-bond acceptors (Lipinski definition) is 3. The molecule has 2 rings (SSSR count). The van der Waals surface area contributed by atoms with Gasteiger partial charge in [0.05, 0.1) is 6.10 Å². The van der Waals surface area contributed by atoms with Gasteiger partial charge in [0.25, 0.3) is 0 Å². The molecule has 0 spiro atoms. The topological polar surface area (TPSA) is 38.3 Å². The summed E-state index contributed by atoms with van der Waals surface area (Å²) in [5.74, 6) is 0.245. The molecule has 3 heteroatoms. The van der Waals surface area contributed by atoms with Crippen LogP contribution in [-0.2, 0) is 9.53 Å². The molecule has 0 aromatic heterocycles. The van der Waals surface area contributed by atoms with Crippen molar-refractivity contribution in [1.82, 2.24) is 5.32 Å². The summed E-state index contributed by atoms with van der Waals surface area (Å²) in [7, 11) is 0. The van der Waals surface area contributed by atoms with Gasteiger partial charge < -0.3 is 10.1 Å². The lowest BCUT2D eigenvalue weighted by Crippen LogP contribution is -2.25. The zero-order valence-electron chi connectivity index (χ0n) is 7.71. The molecule has 0 bridgehead atoms. The third-order valence-corrected chi connectivity index (χ3v) is 2.56. The van der Waals surface area contributed by atoms with Gasteiger partial charge in [-0.2, -0.15) is 0 Å². The van der Waals surface area contributed by atoms with Crippen molar-refractivity contribution < 1.29 is 9.53 Å². The predicted molar refractivity (Wildman–Crippen MR) is 49.3 cm³/mol. The largest absolute Gasteiger partial charge is 0.386 e. The van der Waals surface area contributed by atoms with E-state index in [1.807, 2.05) is 0 Å². The first-order valence-corrected chi connectivity index (χ1v) is 4.93. The molecule has 1 aliphatic carbocycles.